The van der Waals surface area contributed by atoms with Crippen LogP contribution < -0.4 is 5.32 Å². The van der Waals surface area contributed by atoms with E-state index in [1.807, 2.05) is 20.8 Å². The molecule has 0 heterocycles. The second kappa shape index (κ2) is 5.65. The molecule has 0 spiro atoms. The second-order valence-corrected chi connectivity index (χ2v) is 6.28. The Bertz CT molecular complexity index is 291. The van der Waals surface area contributed by atoms with E-state index in [2.05, 4.69) is 5.32 Å². The predicted octanol–water partition coefficient (Wildman–Crippen LogP) is 2.54. The van der Waals surface area contributed by atoms with Gasteiger partial charge in [-0.1, -0.05) is 27.2 Å². The van der Waals surface area contributed by atoms with Crippen molar-refractivity contribution in [3.8, 4) is 0 Å². The van der Waals surface area contributed by atoms with Crippen LogP contribution in [0.4, 0.5) is 0 Å². The summed E-state index contributed by atoms with van der Waals surface area (Å²) in [6, 6.07) is 0. The number of hydrogen-bond donors (Lipinski definition) is 1. The minimum atomic E-state index is -0.236. The predicted molar refractivity (Wildman–Crippen MR) is 68.6 cm³/mol. The van der Waals surface area contributed by atoms with E-state index in [0.29, 0.717) is 11.7 Å². The summed E-state index contributed by atoms with van der Waals surface area (Å²) in [5.41, 5.74) is -0.236. The van der Waals surface area contributed by atoms with Gasteiger partial charge in [-0.2, -0.15) is 0 Å². The number of carbonyl (C=O) groups excluding carboxylic acids is 2. The van der Waals surface area contributed by atoms with Crippen molar-refractivity contribution in [2.75, 3.05) is 6.54 Å². The van der Waals surface area contributed by atoms with Crippen LogP contribution in [0.1, 0.15) is 53.4 Å². The minimum Gasteiger partial charge on any atom is -0.356 e. The number of ketones is 1. The van der Waals surface area contributed by atoms with Gasteiger partial charge in [-0.05, 0) is 25.2 Å². The molecule has 0 aromatic rings. The van der Waals surface area contributed by atoms with Gasteiger partial charge in [-0.15, -0.1) is 0 Å². The van der Waals surface area contributed by atoms with Gasteiger partial charge in [0.05, 0.1) is 0 Å². The summed E-state index contributed by atoms with van der Waals surface area (Å²) >= 11 is 0. The molecule has 0 aliphatic heterocycles. The SMILES string of the molecule is CC(=O)NCC1CCCC(C(=O)C(C)(C)C)C1. The molecule has 1 rings (SSSR count). The van der Waals surface area contributed by atoms with Crippen LogP contribution in [0.2, 0.25) is 0 Å². The number of nitrogens with one attached hydrogen (secondary N) is 1. The standard InChI is InChI=1S/C14H25NO2/c1-10(16)15-9-11-6-5-7-12(8-11)13(17)14(2,3)4/h11-12H,5-9H2,1-4H3,(H,15,16). The Morgan fingerprint density at radius 2 is 1.88 bits per heavy atom. The molecule has 1 aliphatic rings. The number of rotatable bonds is 3. The number of Topliss-reactive ketones (excluding diaryl/α,β-unsaturated/α-hetero) is 1. The normalized spacial score (nSPS) is 25.4. The van der Waals surface area contributed by atoms with Crippen LogP contribution in [-0.4, -0.2) is 18.2 Å². The number of amides is 1. The molecule has 1 fully saturated rings. The first kappa shape index (κ1) is 14.2. The summed E-state index contributed by atoms with van der Waals surface area (Å²) in [4.78, 5) is 23.1. The molecule has 2 unspecified atom stereocenters. The quantitative estimate of drug-likeness (QED) is 0.822. The fourth-order valence-electron chi connectivity index (χ4n) is 2.61. The molecule has 0 saturated heterocycles. The molecule has 1 amide bonds. The van der Waals surface area contributed by atoms with Crippen molar-refractivity contribution in [3.63, 3.8) is 0 Å². The van der Waals surface area contributed by atoms with Crippen LogP contribution in [0.15, 0.2) is 0 Å². The van der Waals surface area contributed by atoms with E-state index in [-0.39, 0.29) is 17.2 Å². The highest BCUT2D eigenvalue weighted by atomic mass is 16.1. The van der Waals surface area contributed by atoms with Gasteiger partial charge in [0.2, 0.25) is 5.91 Å². The molecule has 98 valence electrons. The van der Waals surface area contributed by atoms with Gasteiger partial charge in [-0.25, -0.2) is 0 Å². The fraction of sp³-hybridized carbons (Fsp3) is 0.857. The van der Waals surface area contributed by atoms with Crippen molar-refractivity contribution in [2.45, 2.75) is 53.4 Å². The van der Waals surface area contributed by atoms with Crippen LogP contribution in [0.3, 0.4) is 0 Å². The first-order valence-electron chi connectivity index (χ1n) is 6.59. The average Bonchev–Trinajstić information content (AvgIpc) is 2.24. The molecule has 1 N–H and O–H groups in total. The first-order valence-corrected chi connectivity index (χ1v) is 6.59. The zero-order valence-electron chi connectivity index (χ0n) is 11.5. The molecular formula is C14H25NO2. The molecule has 1 aliphatic carbocycles. The Balaban J connectivity index is 2.49. The first-order chi connectivity index (χ1) is 7.80. The lowest BCUT2D eigenvalue weighted by Crippen LogP contribution is -2.35. The third-order valence-corrected chi connectivity index (χ3v) is 3.53. The molecule has 3 nitrogen and oxygen atoms in total. The summed E-state index contributed by atoms with van der Waals surface area (Å²) in [5.74, 6) is 1.07. The molecule has 17 heavy (non-hydrogen) atoms. The molecule has 1 saturated carbocycles. The molecule has 0 radical (unpaired) electrons. The van der Waals surface area contributed by atoms with E-state index in [1.165, 1.54) is 0 Å². The topological polar surface area (TPSA) is 46.2 Å². The van der Waals surface area contributed by atoms with Crippen LogP contribution >= 0.6 is 0 Å². The maximum atomic E-state index is 12.2. The van der Waals surface area contributed by atoms with E-state index in [0.717, 1.165) is 32.2 Å². The molecule has 0 bridgehead atoms. The monoisotopic (exact) mass is 239 g/mol. The fourth-order valence-corrected chi connectivity index (χ4v) is 2.61. The highest BCUT2D eigenvalue weighted by Crippen LogP contribution is 2.33. The lowest BCUT2D eigenvalue weighted by Gasteiger charge is -2.32. The van der Waals surface area contributed by atoms with Gasteiger partial charge in [0.25, 0.3) is 0 Å². The van der Waals surface area contributed by atoms with Gasteiger partial charge >= 0.3 is 0 Å². The number of carbonyl (C=O) groups is 2. The van der Waals surface area contributed by atoms with Crippen molar-refractivity contribution >= 4 is 11.7 Å². The Labute approximate surface area is 104 Å². The van der Waals surface area contributed by atoms with E-state index in [1.54, 1.807) is 6.92 Å². The zero-order valence-corrected chi connectivity index (χ0v) is 11.5. The molecule has 3 heteroatoms. The van der Waals surface area contributed by atoms with Crippen LogP contribution in [0.25, 0.3) is 0 Å². The van der Waals surface area contributed by atoms with E-state index >= 15 is 0 Å². The summed E-state index contributed by atoms with van der Waals surface area (Å²) < 4.78 is 0. The van der Waals surface area contributed by atoms with Crippen molar-refractivity contribution in [1.29, 1.82) is 0 Å². The lowest BCUT2D eigenvalue weighted by atomic mass is 9.73. The van der Waals surface area contributed by atoms with Crippen LogP contribution in [-0.2, 0) is 9.59 Å². The summed E-state index contributed by atoms with van der Waals surface area (Å²) in [5, 5.41) is 2.86. The maximum absolute atomic E-state index is 12.2. The molecular weight excluding hydrogens is 214 g/mol. The Kier molecular flexibility index (Phi) is 4.72. The van der Waals surface area contributed by atoms with E-state index in [4.69, 9.17) is 0 Å². The molecule has 0 aromatic heterocycles. The Morgan fingerprint density at radius 3 is 2.41 bits per heavy atom. The molecule has 2 atom stereocenters. The summed E-state index contributed by atoms with van der Waals surface area (Å²) in [6.07, 6.45) is 4.20. The highest BCUT2D eigenvalue weighted by molar-refractivity contribution is 5.86. The minimum absolute atomic E-state index is 0.0225. The summed E-state index contributed by atoms with van der Waals surface area (Å²) in [6.45, 7) is 8.25. The number of hydrogen-bond acceptors (Lipinski definition) is 2. The van der Waals surface area contributed by atoms with E-state index < -0.39 is 0 Å². The smallest absolute Gasteiger partial charge is 0.216 e. The Hall–Kier alpha value is -0.860. The zero-order chi connectivity index (χ0) is 13.1. The third kappa shape index (κ3) is 4.49. The van der Waals surface area contributed by atoms with Gasteiger partial charge in [-0.3, -0.25) is 9.59 Å². The second-order valence-electron chi connectivity index (χ2n) is 6.28. The van der Waals surface area contributed by atoms with Crippen LogP contribution in [0.5, 0.6) is 0 Å². The van der Waals surface area contributed by atoms with Crippen molar-refractivity contribution < 1.29 is 9.59 Å². The maximum Gasteiger partial charge on any atom is 0.216 e. The van der Waals surface area contributed by atoms with E-state index in [9.17, 15) is 9.59 Å². The third-order valence-electron chi connectivity index (χ3n) is 3.53. The van der Waals surface area contributed by atoms with Gasteiger partial charge in [0.15, 0.2) is 0 Å². The van der Waals surface area contributed by atoms with Crippen LogP contribution in [0, 0.1) is 17.3 Å². The van der Waals surface area contributed by atoms with Crippen molar-refractivity contribution in [2.24, 2.45) is 17.3 Å². The van der Waals surface area contributed by atoms with Gasteiger partial charge < -0.3 is 5.32 Å². The van der Waals surface area contributed by atoms with Gasteiger partial charge in [0.1, 0.15) is 5.78 Å². The highest BCUT2D eigenvalue weighted by Gasteiger charge is 2.33. The van der Waals surface area contributed by atoms with Gasteiger partial charge in [0, 0.05) is 24.8 Å². The average molecular weight is 239 g/mol. The van der Waals surface area contributed by atoms with Crippen molar-refractivity contribution in [1.82, 2.24) is 5.32 Å². The largest absolute Gasteiger partial charge is 0.356 e. The Morgan fingerprint density at radius 1 is 1.24 bits per heavy atom. The van der Waals surface area contributed by atoms with Crippen molar-refractivity contribution in [3.05, 3.63) is 0 Å². The summed E-state index contributed by atoms with van der Waals surface area (Å²) in [7, 11) is 0. The molecule has 0 aromatic carbocycles. The lowest BCUT2D eigenvalue weighted by molar-refractivity contribution is -0.131.